The van der Waals surface area contributed by atoms with Gasteiger partial charge in [0.25, 0.3) is 5.91 Å². The van der Waals surface area contributed by atoms with Crippen LogP contribution in [0.2, 0.25) is 5.15 Å². The first-order valence-electron chi connectivity index (χ1n) is 8.36. The van der Waals surface area contributed by atoms with Crippen LogP contribution in [0.15, 0.2) is 59.7 Å². The van der Waals surface area contributed by atoms with Gasteiger partial charge in [-0.2, -0.15) is 10.2 Å². The van der Waals surface area contributed by atoms with Crippen molar-refractivity contribution >= 4 is 23.7 Å². The number of aryl methyl sites for hydroxylation is 2. The molecule has 1 aromatic heterocycles. The van der Waals surface area contributed by atoms with E-state index in [1.54, 1.807) is 10.7 Å². The van der Waals surface area contributed by atoms with Gasteiger partial charge in [0.2, 0.25) is 0 Å². The number of amides is 1. The zero-order chi connectivity index (χ0) is 19.2. The van der Waals surface area contributed by atoms with Crippen molar-refractivity contribution in [1.82, 2.24) is 15.2 Å². The number of benzene rings is 2. The topological polar surface area (TPSA) is 68.5 Å². The quantitative estimate of drug-likeness (QED) is 0.522. The molecule has 0 radical (unpaired) electrons. The molecule has 0 fully saturated rings. The smallest absolute Gasteiger partial charge is 0.277 e. The number of halogens is 1. The van der Waals surface area contributed by atoms with Gasteiger partial charge < -0.3 is 4.74 Å². The summed E-state index contributed by atoms with van der Waals surface area (Å²) < 4.78 is 7.06. The van der Waals surface area contributed by atoms with Crippen LogP contribution in [0, 0.1) is 13.8 Å². The van der Waals surface area contributed by atoms with Crippen LogP contribution in [0.3, 0.4) is 0 Å². The van der Waals surface area contributed by atoms with Crippen LogP contribution in [0.25, 0.3) is 5.69 Å². The lowest BCUT2D eigenvalue weighted by Gasteiger charge is -2.05. The largest absolute Gasteiger partial charge is 0.484 e. The second-order valence-electron chi connectivity index (χ2n) is 5.94. The molecule has 0 bridgehead atoms. The van der Waals surface area contributed by atoms with Crippen molar-refractivity contribution in [1.29, 1.82) is 0 Å². The SMILES string of the molecule is Cc1cccc(OCC(=O)NN=Cc2c(C)nn(-c3ccccc3)c2Cl)c1. The second-order valence-corrected chi connectivity index (χ2v) is 6.29. The summed E-state index contributed by atoms with van der Waals surface area (Å²) in [6.07, 6.45) is 1.48. The predicted octanol–water partition coefficient (Wildman–Crippen LogP) is 3.67. The Morgan fingerprint density at radius 1 is 1.22 bits per heavy atom. The third kappa shape index (κ3) is 4.74. The first-order chi connectivity index (χ1) is 13.0. The van der Waals surface area contributed by atoms with Gasteiger partial charge in [-0.1, -0.05) is 41.9 Å². The first-order valence-corrected chi connectivity index (χ1v) is 8.74. The molecule has 0 aliphatic carbocycles. The molecule has 3 aromatic rings. The molecule has 2 aromatic carbocycles. The number of aromatic nitrogens is 2. The lowest BCUT2D eigenvalue weighted by atomic mass is 10.2. The molecular formula is C20H19ClN4O2. The standard InChI is InChI=1S/C20H19ClN4O2/c1-14-7-6-10-17(11-14)27-13-19(26)23-22-12-18-15(2)24-25(20(18)21)16-8-4-3-5-9-16/h3-12H,13H2,1-2H3,(H,23,26). The second kappa shape index (κ2) is 8.51. The number of rotatable bonds is 6. The molecule has 7 heteroatoms. The number of carbonyl (C=O) groups is 1. The Hall–Kier alpha value is -3.12. The van der Waals surface area contributed by atoms with Crippen molar-refractivity contribution in [2.75, 3.05) is 6.61 Å². The monoisotopic (exact) mass is 382 g/mol. The van der Waals surface area contributed by atoms with Crippen LogP contribution in [-0.2, 0) is 4.79 Å². The van der Waals surface area contributed by atoms with Gasteiger partial charge in [0.05, 0.1) is 23.2 Å². The van der Waals surface area contributed by atoms with E-state index in [0.29, 0.717) is 22.2 Å². The number of hydrazone groups is 1. The maximum Gasteiger partial charge on any atom is 0.277 e. The summed E-state index contributed by atoms with van der Waals surface area (Å²) in [5, 5.41) is 8.80. The van der Waals surface area contributed by atoms with Gasteiger partial charge in [-0.15, -0.1) is 0 Å². The van der Waals surface area contributed by atoms with Gasteiger partial charge >= 0.3 is 0 Å². The van der Waals surface area contributed by atoms with Crippen LogP contribution < -0.4 is 10.2 Å². The molecule has 27 heavy (non-hydrogen) atoms. The molecule has 3 rings (SSSR count). The van der Waals surface area contributed by atoms with Gasteiger partial charge in [0.15, 0.2) is 6.61 Å². The van der Waals surface area contributed by atoms with E-state index >= 15 is 0 Å². The summed E-state index contributed by atoms with van der Waals surface area (Å²) in [5.74, 6) is 0.272. The third-order valence-electron chi connectivity index (χ3n) is 3.79. The predicted molar refractivity (Wildman–Crippen MR) is 106 cm³/mol. The molecule has 0 saturated heterocycles. The molecule has 1 N–H and O–H groups in total. The maximum atomic E-state index is 11.9. The number of nitrogens with zero attached hydrogens (tertiary/aromatic N) is 3. The Morgan fingerprint density at radius 3 is 2.74 bits per heavy atom. The number of ether oxygens (including phenoxy) is 1. The number of hydrogen-bond acceptors (Lipinski definition) is 4. The van der Waals surface area contributed by atoms with E-state index in [4.69, 9.17) is 16.3 Å². The summed E-state index contributed by atoms with van der Waals surface area (Å²) >= 11 is 6.41. The fourth-order valence-electron chi connectivity index (χ4n) is 2.45. The Balaban J connectivity index is 1.61. The first kappa shape index (κ1) is 18.7. The van der Waals surface area contributed by atoms with E-state index in [2.05, 4.69) is 15.6 Å². The summed E-state index contributed by atoms with van der Waals surface area (Å²) in [5.41, 5.74) is 5.68. The fraction of sp³-hybridized carbons (Fsp3) is 0.150. The average molecular weight is 383 g/mol. The highest BCUT2D eigenvalue weighted by Gasteiger charge is 2.13. The van der Waals surface area contributed by atoms with Gasteiger partial charge in [-0.05, 0) is 43.7 Å². The average Bonchev–Trinajstić information content (AvgIpc) is 2.95. The number of carbonyl (C=O) groups excluding carboxylic acids is 1. The van der Waals surface area contributed by atoms with E-state index < -0.39 is 0 Å². The van der Waals surface area contributed by atoms with Crippen LogP contribution >= 0.6 is 11.6 Å². The Morgan fingerprint density at radius 2 is 2.00 bits per heavy atom. The van der Waals surface area contributed by atoms with Crippen molar-refractivity contribution in [2.24, 2.45) is 5.10 Å². The zero-order valence-corrected chi connectivity index (χ0v) is 15.8. The summed E-state index contributed by atoms with van der Waals surface area (Å²) in [6.45, 7) is 3.66. The zero-order valence-electron chi connectivity index (χ0n) is 15.0. The highest BCUT2D eigenvalue weighted by molar-refractivity contribution is 6.32. The molecular weight excluding hydrogens is 364 g/mol. The van der Waals surface area contributed by atoms with Crippen molar-refractivity contribution in [3.05, 3.63) is 76.6 Å². The summed E-state index contributed by atoms with van der Waals surface area (Å²) in [6, 6.07) is 17.0. The summed E-state index contributed by atoms with van der Waals surface area (Å²) in [4.78, 5) is 11.9. The Labute approximate surface area is 162 Å². The van der Waals surface area contributed by atoms with Crippen LogP contribution in [0.4, 0.5) is 0 Å². The van der Waals surface area contributed by atoms with E-state index in [9.17, 15) is 4.79 Å². The minimum Gasteiger partial charge on any atom is -0.484 e. The van der Waals surface area contributed by atoms with Crippen molar-refractivity contribution in [2.45, 2.75) is 13.8 Å². The van der Waals surface area contributed by atoms with Crippen molar-refractivity contribution in [3.63, 3.8) is 0 Å². The molecule has 0 atom stereocenters. The van der Waals surface area contributed by atoms with E-state index in [-0.39, 0.29) is 12.5 Å². The highest BCUT2D eigenvalue weighted by Crippen LogP contribution is 2.21. The molecule has 1 heterocycles. The normalized spacial score (nSPS) is 10.9. The number of para-hydroxylation sites is 1. The molecule has 0 unspecified atom stereocenters. The third-order valence-corrected chi connectivity index (χ3v) is 4.15. The maximum absolute atomic E-state index is 11.9. The van der Waals surface area contributed by atoms with Crippen LogP contribution in [-0.4, -0.2) is 28.5 Å². The molecule has 1 amide bonds. The Kier molecular flexibility index (Phi) is 5.88. The van der Waals surface area contributed by atoms with E-state index in [0.717, 1.165) is 11.3 Å². The van der Waals surface area contributed by atoms with Crippen molar-refractivity contribution in [3.8, 4) is 11.4 Å². The molecule has 138 valence electrons. The summed E-state index contributed by atoms with van der Waals surface area (Å²) in [7, 11) is 0. The van der Waals surface area contributed by atoms with Crippen LogP contribution in [0.5, 0.6) is 5.75 Å². The highest BCUT2D eigenvalue weighted by atomic mass is 35.5. The van der Waals surface area contributed by atoms with E-state index in [1.165, 1.54) is 6.21 Å². The van der Waals surface area contributed by atoms with Gasteiger partial charge in [0.1, 0.15) is 10.9 Å². The van der Waals surface area contributed by atoms with E-state index in [1.807, 2.05) is 62.4 Å². The minimum atomic E-state index is -0.364. The molecule has 0 aliphatic rings. The molecule has 0 saturated carbocycles. The number of hydrogen-bond donors (Lipinski definition) is 1. The lowest BCUT2D eigenvalue weighted by molar-refractivity contribution is -0.123. The van der Waals surface area contributed by atoms with Gasteiger partial charge in [-0.25, -0.2) is 10.1 Å². The Bertz CT molecular complexity index is 967. The number of nitrogens with one attached hydrogen (secondary N) is 1. The van der Waals surface area contributed by atoms with Crippen molar-refractivity contribution < 1.29 is 9.53 Å². The van der Waals surface area contributed by atoms with Crippen LogP contribution in [0.1, 0.15) is 16.8 Å². The molecule has 0 aliphatic heterocycles. The van der Waals surface area contributed by atoms with Gasteiger partial charge in [-0.3, -0.25) is 4.79 Å². The molecule has 0 spiro atoms. The fourth-order valence-corrected chi connectivity index (χ4v) is 2.77. The van der Waals surface area contributed by atoms with Gasteiger partial charge in [0, 0.05) is 0 Å². The lowest BCUT2D eigenvalue weighted by Crippen LogP contribution is -2.24. The minimum absolute atomic E-state index is 0.128. The molecule has 6 nitrogen and oxygen atoms in total.